The number of nitrogens with zero attached hydrogens (tertiary/aromatic N) is 1. The lowest BCUT2D eigenvalue weighted by molar-refractivity contribution is -0.132. The largest absolute Gasteiger partial charge is 0.464 e. The van der Waals surface area contributed by atoms with Gasteiger partial charge >= 0.3 is 5.97 Å². The van der Waals surface area contributed by atoms with Crippen LogP contribution in [0.25, 0.3) is 0 Å². The molecule has 18 heavy (non-hydrogen) atoms. The number of ether oxygens (including phenoxy) is 1. The predicted molar refractivity (Wildman–Crippen MR) is 67.6 cm³/mol. The topological polar surface area (TPSA) is 47.9 Å². The van der Waals surface area contributed by atoms with Crippen molar-refractivity contribution in [2.24, 2.45) is 5.16 Å². The molecular weight excluding hydrogens is 230 g/mol. The molecule has 0 bridgehead atoms. The van der Waals surface area contributed by atoms with Gasteiger partial charge in [0, 0.05) is 5.56 Å². The smallest absolute Gasteiger partial charge is 0.369 e. The fraction of sp³-hybridized carbons (Fsp3) is 0.143. The minimum absolute atomic E-state index is 0.123. The minimum Gasteiger partial charge on any atom is -0.464 e. The van der Waals surface area contributed by atoms with Gasteiger partial charge in [-0.25, -0.2) is 4.79 Å². The van der Waals surface area contributed by atoms with Gasteiger partial charge in [-0.15, -0.1) is 0 Å². The molecule has 0 aliphatic carbocycles. The van der Waals surface area contributed by atoms with E-state index in [1.165, 1.54) is 14.2 Å². The Hall–Kier alpha value is -2.72. The number of carbonyl (C=O) groups is 1. The van der Waals surface area contributed by atoms with Crippen LogP contribution in [-0.4, -0.2) is 25.9 Å². The average Bonchev–Trinajstić information content (AvgIpc) is 2.42. The van der Waals surface area contributed by atoms with Gasteiger partial charge in [0.25, 0.3) is 0 Å². The maximum Gasteiger partial charge on any atom is 0.369 e. The molecule has 1 rings (SSSR count). The Bertz CT molecular complexity index is 553. The molecule has 90 valence electrons. The first kappa shape index (κ1) is 13.3. The molecule has 0 radical (unpaired) electrons. The normalized spacial score (nSPS) is 9.33. The van der Waals surface area contributed by atoms with Crippen molar-refractivity contribution in [1.82, 2.24) is 0 Å². The summed E-state index contributed by atoms with van der Waals surface area (Å²) in [5.41, 5.74) is 0.720. The average molecular weight is 241 g/mol. The lowest BCUT2D eigenvalue weighted by atomic mass is 10.2. The summed E-state index contributed by atoms with van der Waals surface area (Å²) < 4.78 is 4.48. The highest BCUT2D eigenvalue weighted by atomic mass is 16.6. The number of benzene rings is 1. The van der Waals surface area contributed by atoms with Gasteiger partial charge in [0.2, 0.25) is 5.71 Å². The molecule has 4 nitrogen and oxygen atoms in total. The number of rotatable bonds is 2. The highest BCUT2D eigenvalue weighted by Crippen LogP contribution is 1.94. The monoisotopic (exact) mass is 241 g/mol. The highest BCUT2D eigenvalue weighted by molar-refractivity contribution is 6.43. The molecular formula is C14H11NO3. The van der Waals surface area contributed by atoms with Gasteiger partial charge in [-0.05, 0) is 29.9 Å². The second-order valence-corrected chi connectivity index (χ2v) is 2.98. The first-order valence-corrected chi connectivity index (χ1v) is 5.04. The van der Waals surface area contributed by atoms with Gasteiger partial charge in [0.1, 0.15) is 7.11 Å². The summed E-state index contributed by atoms with van der Waals surface area (Å²) in [6.07, 6.45) is 0. The molecule has 1 aromatic rings. The molecule has 1 aromatic carbocycles. The fourth-order valence-electron chi connectivity index (χ4n) is 1.01. The lowest BCUT2D eigenvalue weighted by Gasteiger charge is -1.93. The highest BCUT2D eigenvalue weighted by Gasteiger charge is 2.08. The van der Waals surface area contributed by atoms with Crippen LogP contribution in [0.5, 0.6) is 0 Å². The number of hydrogen-bond acceptors (Lipinski definition) is 4. The van der Waals surface area contributed by atoms with Crippen molar-refractivity contribution in [3.8, 4) is 23.7 Å². The standard InChI is InChI=1S/C14H11NO3/c1-17-14(16)13(15-18-2)11-7-6-10-12-8-4-3-5-9-12/h3-5,8-9H,1-2H3. The molecule has 0 saturated heterocycles. The third kappa shape index (κ3) is 4.42. The number of esters is 1. The van der Waals surface area contributed by atoms with Crippen LogP contribution in [0.3, 0.4) is 0 Å². The quantitative estimate of drug-likeness (QED) is 0.338. The molecule has 0 saturated carbocycles. The van der Waals surface area contributed by atoms with Crippen molar-refractivity contribution >= 4 is 11.7 Å². The Balaban J connectivity index is 2.79. The maximum atomic E-state index is 11.2. The van der Waals surface area contributed by atoms with Crippen molar-refractivity contribution in [1.29, 1.82) is 0 Å². The van der Waals surface area contributed by atoms with Gasteiger partial charge < -0.3 is 9.57 Å². The van der Waals surface area contributed by atoms with Gasteiger partial charge in [0.05, 0.1) is 7.11 Å². The molecule has 0 aliphatic heterocycles. The van der Waals surface area contributed by atoms with Crippen LogP contribution in [-0.2, 0) is 14.4 Å². The van der Waals surface area contributed by atoms with Crippen LogP contribution >= 0.6 is 0 Å². The van der Waals surface area contributed by atoms with E-state index in [0.717, 1.165) is 5.56 Å². The summed E-state index contributed by atoms with van der Waals surface area (Å²) in [6, 6.07) is 9.38. The Kier molecular flexibility index (Phi) is 5.59. The van der Waals surface area contributed by atoms with E-state index < -0.39 is 5.97 Å². The van der Waals surface area contributed by atoms with Crippen molar-refractivity contribution in [3.63, 3.8) is 0 Å². The van der Waals surface area contributed by atoms with E-state index in [2.05, 4.69) is 38.4 Å². The summed E-state index contributed by atoms with van der Waals surface area (Å²) in [5.74, 6) is 9.76. The second kappa shape index (κ2) is 7.54. The zero-order valence-corrected chi connectivity index (χ0v) is 10.1. The molecule has 0 spiro atoms. The van der Waals surface area contributed by atoms with Gasteiger partial charge in [-0.3, -0.25) is 0 Å². The molecule has 0 fully saturated rings. The predicted octanol–water partition coefficient (Wildman–Crippen LogP) is 1.22. The van der Waals surface area contributed by atoms with Crippen LogP contribution in [0, 0.1) is 23.7 Å². The maximum absolute atomic E-state index is 11.2. The van der Waals surface area contributed by atoms with E-state index in [-0.39, 0.29) is 5.71 Å². The van der Waals surface area contributed by atoms with Crippen molar-refractivity contribution in [2.45, 2.75) is 0 Å². The van der Waals surface area contributed by atoms with E-state index in [1.807, 2.05) is 30.3 Å². The third-order valence-electron chi connectivity index (χ3n) is 1.79. The summed E-state index contributed by atoms with van der Waals surface area (Å²) >= 11 is 0. The lowest BCUT2D eigenvalue weighted by Crippen LogP contribution is -2.13. The van der Waals surface area contributed by atoms with Crippen molar-refractivity contribution < 1.29 is 14.4 Å². The van der Waals surface area contributed by atoms with Gasteiger partial charge in [-0.1, -0.05) is 29.3 Å². The van der Waals surface area contributed by atoms with Gasteiger partial charge in [0.15, 0.2) is 0 Å². The molecule has 0 atom stereocenters. The summed E-state index contributed by atoms with van der Waals surface area (Å²) in [6.45, 7) is 0. The number of oxime groups is 1. The van der Waals surface area contributed by atoms with Crippen LogP contribution in [0.2, 0.25) is 0 Å². The van der Waals surface area contributed by atoms with E-state index in [4.69, 9.17) is 0 Å². The molecule has 0 heterocycles. The zero-order valence-electron chi connectivity index (χ0n) is 10.1. The number of hydrogen-bond donors (Lipinski definition) is 0. The summed E-state index contributed by atoms with van der Waals surface area (Å²) in [5, 5.41) is 3.44. The molecule has 0 aliphatic rings. The Morgan fingerprint density at radius 2 is 1.89 bits per heavy atom. The van der Waals surface area contributed by atoms with Crippen LogP contribution in [0.1, 0.15) is 5.56 Å². The molecule has 0 unspecified atom stereocenters. The third-order valence-corrected chi connectivity index (χ3v) is 1.79. The van der Waals surface area contributed by atoms with Crippen LogP contribution in [0.4, 0.5) is 0 Å². The summed E-state index contributed by atoms with van der Waals surface area (Å²) in [4.78, 5) is 15.7. The van der Waals surface area contributed by atoms with Crippen LogP contribution in [0.15, 0.2) is 35.5 Å². The Labute approximate surface area is 106 Å². The van der Waals surface area contributed by atoms with E-state index in [0.29, 0.717) is 0 Å². The second-order valence-electron chi connectivity index (χ2n) is 2.98. The SMILES string of the molecule is CON=C(C#CC#Cc1ccccc1)C(=O)OC. The molecule has 0 aromatic heterocycles. The van der Waals surface area contributed by atoms with Crippen molar-refractivity contribution in [2.75, 3.05) is 14.2 Å². The summed E-state index contributed by atoms with van der Waals surface area (Å²) in [7, 11) is 2.56. The Morgan fingerprint density at radius 1 is 1.17 bits per heavy atom. The number of carbonyl (C=O) groups excluding carboxylic acids is 1. The zero-order chi connectivity index (χ0) is 13.2. The van der Waals surface area contributed by atoms with E-state index in [1.54, 1.807) is 0 Å². The first-order chi connectivity index (χ1) is 8.77. The molecule has 0 amide bonds. The molecule has 4 heteroatoms. The van der Waals surface area contributed by atoms with E-state index in [9.17, 15) is 4.79 Å². The van der Waals surface area contributed by atoms with Crippen LogP contribution < -0.4 is 0 Å². The first-order valence-electron chi connectivity index (χ1n) is 5.04. The minimum atomic E-state index is -0.661. The fourth-order valence-corrected chi connectivity index (χ4v) is 1.01. The Morgan fingerprint density at radius 3 is 2.50 bits per heavy atom. The molecule has 0 N–H and O–H groups in total. The van der Waals surface area contributed by atoms with E-state index >= 15 is 0 Å². The van der Waals surface area contributed by atoms with Gasteiger partial charge in [-0.2, -0.15) is 0 Å². The number of methoxy groups -OCH3 is 1. The van der Waals surface area contributed by atoms with Crippen molar-refractivity contribution in [3.05, 3.63) is 35.9 Å².